The van der Waals surface area contributed by atoms with E-state index in [2.05, 4.69) is 10.6 Å². The molecule has 26 heavy (non-hydrogen) atoms. The number of anilines is 3. The molecule has 138 valence electrons. The Morgan fingerprint density at radius 3 is 2.35 bits per heavy atom. The minimum absolute atomic E-state index is 0.0202. The van der Waals surface area contributed by atoms with Gasteiger partial charge in [-0.15, -0.1) is 0 Å². The van der Waals surface area contributed by atoms with Crippen LogP contribution in [0.4, 0.5) is 30.2 Å². The second-order valence-corrected chi connectivity index (χ2v) is 6.96. The number of hydrogen-bond acceptors (Lipinski definition) is 4. The quantitative estimate of drug-likeness (QED) is 0.568. The average Bonchev–Trinajstić information content (AvgIpc) is 2.56. The first-order chi connectivity index (χ1) is 12.2. The molecule has 0 aliphatic rings. The zero-order valence-electron chi connectivity index (χ0n) is 13.3. The van der Waals surface area contributed by atoms with Crippen LogP contribution in [0.5, 0.6) is 0 Å². The van der Waals surface area contributed by atoms with Crippen molar-refractivity contribution in [1.29, 1.82) is 0 Å². The summed E-state index contributed by atoms with van der Waals surface area (Å²) in [6.45, 7) is 0. The first-order valence-corrected chi connectivity index (χ1v) is 8.83. The molecule has 0 aromatic heterocycles. The Balaban J connectivity index is 1.93. The van der Waals surface area contributed by atoms with E-state index in [1.54, 1.807) is 30.3 Å². The lowest BCUT2D eigenvalue weighted by Crippen LogP contribution is -2.07. The van der Waals surface area contributed by atoms with Crippen molar-refractivity contribution in [3.8, 4) is 0 Å². The van der Waals surface area contributed by atoms with Crippen molar-refractivity contribution in [3.05, 3.63) is 54.1 Å². The van der Waals surface area contributed by atoms with Crippen LogP contribution in [0.1, 0.15) is 12.0 Å². The van der Waals surface area contributed by atoms with Gasteiger partial charge in [0.2, 0.25) is 0 Å². The van der Waals surface area contributed by atoms with Crippen LogP contribution >= 0.6 is 24.0 Å². The Bertz CT molecular complexity index is 780. The highest BCUT2D eigenvalue weighted by Crippen LogP contribution is 2.31. The van der Waals surface area contributed by atoms with Gasteiger partial charge in [0, 0.05) is 22.8 Å². The molecule has 0 saturated carbocycles. The minimum Gasteiger partial charge on any atom is -0.481 e. The number of carboxylic acids is 1. The zero-order chi connectivity index (χ0) is 19.2. The van der Waals surface area contributed by atoms with Crippen LogP contribution in [0.25, 0.3) is 0 Å². The molecule has 9 heteroatoms. The van der Waals surface area contributed by atoms with Gasteiger partial charge in [-0.3, -0.25) is 4.79 Å². The summed E-state index contributed by atoms with van der Waals surface area (Å²) < 4.78 is 38.6. The summed E-state index contributed by atoms with van der Waals surface area (Å²) in [5.74, 6) is -0.513. The van der Waals surface area contributed by atoms with Crippen molar-refractivity contribution < 1.29 is 23.1 Å². The van der Waals surface area contributed by atoms with E-state index in [-0.39, 0.29) is 6.42 Å². The monoisotopic (exact) mass is 400 g/mol. The van der Waals surface area contributed by atoms with Crippen LogP contribution in [-0.4, -0.2) is 21.1 Å². The van der Waals surface area contributed by atoms with Gasteiger partial charge in [0.15, 0.2) is 0 Å². The van der Waals surface area contributed by atoms with E-state index in [9.17, 15) is 18.0 Å². The van der Waals surface area contributed by atoms with Crippen LogP contribution in [-0.2, 0) is 11.0 Å². The molecule has 2 aromatic carbocycles. The molecular formula is C17H15F3N2O2S2. The Hall–Kier alpha value is -2.26. The standard InChI is InChI=1S/C17H15F3N2O2S2/c18-17(19,20)11-2-1-3-14(10-11)21-12-4-6-13(7-5-12)22-16(25)26-9-8-15(23)24/h1-7,10,21H,8-9H2,(H,22,25)(H,23,24). The maximum atomic E-state index is 12.7. The molecule has 0 radical (unpaired) electrons. The Kier molecular flexibility index (Phi) is 6.87. The molecule has 0 heterocycles. The number of nitrogens with one attached hydrogen (secondary N) is 2. The smallest absolute Gasteiger partial charge is 0.416 e. The number of thiocarbonyl (C=S) groups is 1. The van der Waals surface area contributed by atoms with Crippen LogP contribution in [0.3, 0.4) is 0 Å². The summed E-state index contributed by atoms with van der Waals surface area (Å²) in [6.07, 6.45) is -4.37. The molecule has 0 bridgehead atoms. The van der Waals surface area contributed by atoms with Crippen molar-refractivity contribution in [3.63, 3.8) is 0 Å². The second-order valence-electron chi connectivity index (χ2n) is 5.19. The van der Waals surface area contributed by atoms with Gasteiger partial charge in [0.05, 0.1) is 12.0 Å². The van der Waals surface area contributed by atoms with Crippen molar-refractivity contribution in [2.75, 3.05) is 16.4 Å². The van der Waals surface area contributed by atoms with E-state index < -0.39 is 17.7 Å². The fourth-order valence-corrected chi connectivity index (χ4v) is 2.98. The summed E-state index contributed by atoms with van der Waals surface area (Å²) in [6, 6.07) is 11.8. The molecule has 0 spiro atoms. The summed E-state index contributed by atoms with van der Waals surface area (Å²) in [7, 11) is 0. The molecule has 3 N–H and O–H groups in total. The highest BCUT2D eigenvalue weighted by molar-refractivity contribution is 8.23. The highest BCUT2D eigenvalue weighted by Gasteiger charge is 2.30. The Morgan fingerprint density at radius 2 is 1.73 bits per heavy atom. The first-order valence-electron chi connectivity index (χ1n) is 7.44. The van der Waals surface area contributed by atoms with Crippen LogP contribution in [0.15, 0.2) is 48.5 Å². The lowest BCUT2D eigenvalue weighted by atomic mass is 10.2. The molecule has 0 unspecified atom stereocenters. The van der Waals surface area contributed by atoms with Crippen molar-refractivity contribution in [2.24, 2.45) is 0 Å². The number of thioether (sulfide) groups is 1. The third-order valence-corrected chi connectivity index (χ3v) is 4.39. The molecule has 0 aliphatic carbocycles. The van der Waals surface area contributed by atoms with Gasteiger partial charge in [-0.05, 0) is 42.5 Å². The number of benzene rings is 2. The van der Waals surface area contributed by atoms with E-state index in [4.69, 9.17) is 17.3 Å². The number of aliphatic carboxylic acids is 1. The van der Waals surface area contributed by atoms with Crippen molar-refractivity contribution in [1.82, 2.24) is 0 Å². The molecule has 4 nitrogen and oxygen atoms in total. The summed E-state index contributed by atoms with van der Waals surface area (Å²) >= 11 is 6.34. The zero-order valence-corrected chi connectivity index (χ0v) is 15.0. The Morgan fingerprint density at radius 1 is 1.08 bits per heavy atom. The van der Waals surface area contributed by atoms with Crippen molar-refractivity contribution in [2.45, 2.75) is 12.6 Å². The molecule has 2 aromatic rings. The minimum atomic E-state index is -4.39. The van der Waals surface area contributed by atoms with Gasteiger partial charge in [-0.2, -0.15) is 13.2 Å². The molecule has 0 aliphatic heterocycles. The van der Waals surface area contributed by atoms with Crippen LogP contribution in [0, 0.1) is 0 Å². The van der Waals surface area contributed by atoms with E-state index in [1.807, 2.05) is 0 Å². The summed E-state index contributed by atoms with van der Waals surface area (Å²) in [5, 5.41) is 14.5. The summed E-state index contributed by atoms with van der Waals surface area (Å²) in [5.41, 5.74) is 0.941. The molecule has 0 atom stereocenters. The van der Waals surface area contributed by atoms with Gasteiger partial charge in [0.1, 0.15) is 4.32 Å². The third-order valence-electron chi connectivity index (χ3n) is 3.16. The maximum absolute atomic E-state index is 12.7. The number of rotatable bonds is 6. The third kappa shape index (κ3) is 6.57. The molecule has 2 rings (SSSR count). The molecule has 0 fully saturated rings. The number of carbonyl (C=O) groups is 1. The number of carboxylic acid groups (broad SMARTS) is 1. The van der Waals surface area contributed by atoms with E-state index in [0.29, 0.717) is 27.1 Å². The largest absolute Gasteiger partial charge is 0.481 e. The lowest BCUT2D eigenvalue weighted by molar-refractivity contribution is -0.138. The number of alkyl halides is 3. The van der Waals surface area contributed by atoms with E-state index in [0.717, 1.165) is 12.1 Å². The lowest BCUT2D eigenvalue weighted by Gasteiger charge is -2.12. The van der Waals surface area contributed by atoms with Gasteiger partial charge >= 0.3 is 12.1 Å². The highest BCUT2D eigenvalue weighted by atomic mass is 32.2. The second kappa shape index (κ2) is 8.91. The Labute approximate surface area is 157 Å². The summed E-state index contributed by atoms with van der Waals surface area (Å²) in [4.78, 5) is 10.5. The van der Waals surface area contributed by atoms with E-state index >= 15 is 0 Å². The topological polar surface area (TPSA) is 61.4 Å². The fourth-order valence-electron chi connectivity index (χ4n) is 1.96. The first kappa shape index (κ1) is 20.1. The number of hydrogen-bond donors (Lipinski definition) is 3. The fraction of sp³-hybridized carbons (Fsp3) is 0.176. The molecule has 0 saturated heterocycles. The van der Waals surface area contributed by atoms with Gasteiger partial charge in [-0.25, -0.2) is 0 Å². The molecule has 0 amide bonds. The van der Waals surface area contributed by atoms with Gasteiger partial charge in [-0.1, -0.05) is 30.0 Å². The molecular weight excluding hydrogens is 385 g/mol. The number of halogens is 3. The average molecular weight is 400 g/mol. The SMILES string of the molecule is O=C(O)CCSC(=S)Nc1ccc(Nc2cccc(C(F)(F)F)c2)cc1. The predicted molar refractivity (Wildman–Crippen MR) is 102 cm³/mol. The van der Waals surface area contributed by atoms with Crippen LogP contribution < -0.4 is 10.6 Å². The van der Waals surface area contributed by atoms with Gasteiger partial charge in [0.25, 0.3) is 0 Å². The predicted octanol–water partition coefficient (Wildman–Crippen LogP) is 5.35. The van der Waals surface area contributed by atoms with Gasteiger partial charge < -0.3 is 15.7 Å². The maximum Gasteiger partial charge on any atom is 0.416 e. The van der Waals surface area contributed by atoms with Crippen molar-refractivity contribution >= 4 is 51.3 Å². The normalized spacial score (nSPS) is 11.0. The van der Waals surface area contributed by atoms with E-state index in [1.165, 1.54) is 17.8 Å². The van der Waals surface area contributed by atoms with Crippen LogP contribution in [0.2, 0.25) is 0 Å².